The van der Waals surface area contributed by atoms with Gasteiger partial charge in [-0.3, -0.25) is 4.68 Å². The molecule has 0 spiro atoms. The summed E-state index contributed by atoms with van der Waals surface area (Å²) in [6.07, 6.45) is 3.69. The van der Waals surface area contributed by atoms with Gasteiger partial charge in [0.15, 0.2) is 0 Å². The number of nitrogens with zero attached hydrogens (tertiary/aromatic N) is 2. The summed E-state index contributed by atoms with van der Waals surface area (Å²) < 4.78 is 2.14. The zero-order chi connectivity index (χ0) is 10.1. The van der Waals surface area contributed by atoms with Crippen molar-refractivity contribution >= 4 is 0 Å². The number of fused-ring (bicyclic) bond motifs is 1. The van der Waals surface area contributed by atoms with Crippen LogP contribution >= 0.6 is 0 Å². The van der Waals surface area contributed by atoms with Gasteiger partial charge in [0, 0.05) is 24.7 Å². The fraction of sp³-hybridized carbons (Fsp3) is 0.727. The molecule has 1 aromatic heterocycles. The molecule has 3 heteroatoms. The van der Waals surface area contributed by atoms with Crippen LogP contribution in [-0.4, -0.2) is 16.3 Å². The first-order chi connectivity index (χ1) is 6.77. The first-order valence-corrected chi connectivity index (χ1v) is 5.54. The minimum absolute atomic E-state index is 0.542. The SMILES string of the molecule is CCn1nc(C)c2c1C(CN)CCC2. The molecular formula is C11H19N3. The van der Waals surface area contributed by atoms with E-state index in [0.29, 0.717) is 5.92 Å². The summed E-state index contributed by atoms with van der Waals surface area (Å²) in [5, 5.41) is 4.57. The highest BCUT2D eigenvalue weighted by molar-refractivity contribution is 5.31. The van der Waals surface area contributed by atoms with Crippen molar-refractivity contribution in [2.75, 3.05) is 6.54 Å². The molecule has 1 unspecified atom stereocenters. The molecule has 0 bridgehead atoms. The van der Waals surface area contributed by atoms with E-state index in [2.05, 4.69) is 23.6 Å². The number of aryl methyl sites for hydroxylation is 2. The smallest absolute Gasteiger partial charge is 0.0628 e. The van der Waals surface area contributed by atoms with E-state index < -0.39 is 0 Å². The van der Waals surface area contributed by atoms with Gasteiger partial charge < -0.3 is 5.73 Å². The lowest BCUT2D eigenvalue weighted by atomic mass is 9.86. The molecular weight excluding hydrogens is 174 g/mol. The van der Waals surface area contributed by atoms with Crippen LogP contribution in [0.25, 0.3) is 0 Å². The zero-order valence-corrected chi connectivity index (χ0v) is 9.08. The Morgan fingerprint density at radius 3 is 3.00 bits per heavy atom. The molecule has 2 N–H and O–H groups in total. The van der Waals surface area contributed by atoms with Gasteiger partial charge in [-0.25, -0.2) is 0 Å². The Morgan fingerprint density at radius 2 is 2.36 bits per heavy atom. The third kappa shape index (κ3) is 1.36. The van der Waals surface area contributed by atoms with E-state index in [-0.39, 0.29) is 0 Å². The van der Waals surface area contributed by atoms with E-state index in [9.17, 15) is 0 Å². The number of aromatic nitrogens is 2. The molecule has 0 saturated heterocycles. The van der Waals surface area contributed by atoms with Crippen LogP contribution in [0.2, 0.25) is 0 Å². The van der Waals surface area contributed by atoms with Crippen molar-refractivity contribution in [3.63, 3.8) is 0 Å². The molecule has 14 heavy (non-hydrogen) atoms. The highest BCUT2D eigenvalue weighted by Crippen LogP contribution is 2.32. The second kappa shape index (κ2) is 3.73. The standard InChI is InChI=1S/C11H19N3/c1-3-14-11-9(7-12)5-4-6-10(11)8(2)13-14/h9H,3-7,12H2,1-2H3. The van der Waals surface area contributed by atoms with Crippen molar-refractivity contribution in [2.24, 2.45) is 5.73 Å². The van der Waals surface area contributed by atoms with E-state index in [0.717, 1.165) is 13.1 Å². The molecule has 0 amide bonds. The van der Waals surface area contributed by atoms with Crippen LogP contribution in [0, 0.1) is 6.92 Å². The normalized spacial score (nSPS) is 20.9. The third-order valence-corrected chi connectivity index (χ3v) is 3.24. The molecule has 0 aliphatic heterocycles. The molecule has 1 atom stereocenters. The number of nitrogens with two attached hydrogens (primary N) is 1. The summed E-state index contributed by atoms with van der Waals surface area (Å²) >= 11 is 0. The molecule has 1 aliphatic carbocycles. The molecule has 0 radical (unpaired) electrons. The summed E-state index contributed by atoms with van der Waals surface area (Å²) in [6.45, 7) is 5.99. The van der Waals surface area contributed by atoms with E-state index in [1.54, 1.807) is 0 Å². The largest absolute Gasteiger partial charge is 0.330 e. The van der Waals surface area contributed by atoms with Gasteiger partial charge in [-0.05, 0) is 38.7 Å². The number of rotatable bonds is 2. The average molecular weight is 193 g/mol. The molecule has 1 aromatic rings. The topological polar surface area (TPSA) is 43.8 Å². The van der Waals surface area contributed by atoms with Gasteiger partial charge >= 0.3 is 0 Å². The molecule has 78 valence electrons. The first kappa shape index (κ1) is 9.71. The monoisotopic (exact) mass is 193 g/mol. The fourth-order valence-electron chi connectivity index (χ4n) is 2.54. The summed E-state index contributed by atoms with van der Waals surface area (Å²) in [5.41, 5.74) is 9.90. The molecule has 1 aliphatic rings. The second-order valence-corrected chi connectivity index (χ2v) is 4.09. The van der Waals surface area contributed by atoms with Gasteiger partial charge in [-0.2, -0.15) is 5.10 Å². The van der Waals surface area contributed by atoms with Crippen LogP contribution in [-0.2, 0) is 13.0 Å². The Balaban J connectivity index is 2.48. The van der Waals surface area contributed by atoms with Gasteiger partial charge in [-0.15, -0.1) is 0 Å². The lowest BCUT2D eigenvalue weighted by Crippen LogP contribution is -2.21. The van der Waals surface area contributed by atoms with Crippen LogP contribution < -0.4 is 5.73 Å². The van der Waals surface area contributed by atoms with Crippen molar-refractivity contribution in [2.45, 2.75) is 45.6 Å². The number of hydrogen-bond donors (Lipinski definition) is 1. The van der Waals surface area contributed by atoms with Gasteiger partial charge in [-0.1, -0.05) is 0 Å². The highest BCUT2D eigenvalue weighted by atomic mass is 15.3. The molecule has 3 nitrogen and oxygen atoms in total. The van der Waals surface area contributed by atoms with E-state index in [4.69, 9.17) is 5.73 Å². The summed E-state index contributed by atoms with van der Waals surface area (Å²) in [7, 11) is 0. The summed E-state index contributed by atoms with van der Waals surface area (Å²) in [4.78, 5) is 0. The van der Waals surface area contributed by atoms with Crippen LogP contribution in [0.1, 0.15) is 42.6 Å². The molecule has 0 aromatic carbocycles. The highest BCUT2D eigenvalue weighted by Gasteiger charge is 2.25. The van der Waals surface area contributed by atoms with Crippen molar-refractivity contribution < 1.29 is 0 Å². The van der Waals surface area contributed by atoms with Gasteiger partial charge in [0.05, 0.1) is 5.69 Å². The van der Waals surface area contributed by atoms with Crippen LogP contribution in [0.15, 0.2) is 0 Å². The lowest BCUT2D eigenvalue weighted by Gasteiger charge is -2.22. The first-order valence-electron chi connectivity index (χ1n) is 5.54. The maximum atomic E-state index is 5.81. The molecule has 1 heterocycles. The predicted octanol–water partition coefficient (Wildman–Crippen LogP) is 1.59. The Labute approximate surface area is 85.3 Å². The van der Waals surface area contributed by atoms with Crippen molar-refractivity contribution in [1.29, 1.82) is 0 Å². The Kier molecular flexibility index (Phi) is 2.59. The third-order valence-electron chi connectivity index (χ3n) is 3.24. The maximum absolute atomic E-state index is 5.81. The van der Waals surface area contributed by atoms with Gasteiger partial charge in [0.25, 0.3) is 0 Å². The summed E-state index contributed by atoms with van der Waals surface area (Å²) in [6, 6.07) is 0. The van der Waals surface area contributed by atoms with Crippen LogP contribution in [0.3, 0.4) is 0 Å². The van der Waals surface area contributed by atoms with Crippen LogP contribution in [0.5, 0.6) is 0 Å². The number of hydrogen-bond acceptors (Lipinski definition) is 2. The van der Waals surface area contributed by atoms with Crippen molar-refractivity contribution in [1.82, 2.24) is 9.78 Å². The quantitative estimate of drug-likeness (QED) is 0.775. The zero-order valence-electron chi connectivity index (χ0n) is 9.08. The molecule has 2 rings (SSSR count). The lowest BCUT2D eigenvalue weighted by molar-refractivity contribution is 0.501. The van der Waals surface area contributed by atoms with E-state index in [1.807, 2.05) is 0 Å². The molecule has 0 saturated carbocycles. The molecule has 0 fully saturated rings. The maximum Gasteiger partial charge on any atom is 0.0628 e. The fourth-order valence-corrected chi connectivity index (χ4v) is 2.54. The van der Waals surface area contributed by atoms with Crippen molar-refractivity contribution in [3.8, 4) is 0 Å². The second-order valence-electron chi connectivity index (χ2n) is 4.09. The summed E-state index contributed by atoms with van der Waals surface area (Å²) in [5.74, 6) is 0.542. The minimum atomic E-state index is 0.542. The van der Waals surface area contributed by atoms with Crippen LogP contribution in [0.4, 0.5) is 0 Å². The minimum Gasteiger partial charge on any atom is -0.330 e. The Hall–Kier alpha value is -0.830. The van der Waals surface area contributed by atoms with Gasteiger partial charge in [0.2, 0.25) is 0 Å². The average Bonchev–Trinajstić information content (AvgIpc) is 2.56. The Morgan fingerprint density at radius 1 is 1.57 bits per heavy atom. The predicted molar refractivity (Wildman–Crippen MR) is 57.4 cm³/mol. The van der Waals surface area contributed by atoms with Crippen molar-refractivity contribution in [3.05, 3.63) is 17.0 Å². The van der Waals surface area contributed by atoms with E-state index >= 15 is 0 Å². The Bertz CT molecular complexity index is 328. The van der Waals surface area contributed by atoms with E-state index in [1.165, 1.54) is 36.2 Å². The van der Waals surface area contributed by atoms with Gasteiger partial charge in [0.1, 0.15) is 0 Å².